The smallest absolute Gasteiger partial charge is 0.162 e. The van der Waals surface area contributed by atoms with Gasteiger partial charge in [0.15, 0.2) is 23.2 Å². The first kappa shape index (κ1) is 21.1. The lowest BCUT2D eigenvalue weighted by molar-refractivity contribution is -0.105. The van der Waals surface area contributed by atoms with E-state index >= 15 is 0 Å². The first-order chi connectivity index (χ1) is 16.1. The summed E-state index contributed by atoms with van der Waals surface area (Å²) in [6, 6.07) is 37.4. The summed E-state index contributed by atoms with van der Waals surface area (Å²) in [5, 5.41) is 0. The number of quaternary nitrogens is 1. The van der Waals surface area contributed by atoms with Gasteiger partial charge in [-0.1, -0.05) is 84.9 Å². The maximum atomic E-state index is 12.7. The van der Waals surface area contributed by atoms with Gasteiger partial charge in [-0.3, -0.25) is 4.79 Å². The summed E-state index contributed by atoms with van der Waals surface area (Å²) >= 11 is 0. The Labute approximate surface area is 195 Å². The molecule has 3 nitrogen and oxygen atoms in total. The van der Waals surface area contributed by atoms with Crippen LogP contribution in [-0.4, -0.2) is 6.29 Å². The van der Waals surface area contributed by atoms with Crippen molar-refractivity contribution in [2.75, 3.05) is 0 Å². The number of hydrogen-bond donors (Lipinski definition) is 1. The highest BCUT2D eigenvalue weighted by molar-refractivity contribution is 5.84. The molecule has 0 saturated heterocycles. The zero-order valence-corrected chi connectivity index (χ0v) is 18.9. The topological polar surface area (TPSA) is 29.1 Å². The minimum Gasteiger partial charge on any atom is -0.298 e. The Balaban J connectivity index is 1.85. The van der Waals surface area contributed by atoms with Gasteiger partial charge < -0.3 is 0 Å². The van der Waals surface area contributed by atoms with E-state index in [4.69, 9.17) is 0 Å². The minimum absolute atomic E-state index is 0.237. The van der Waals surface area contributed by atoms with Gasteiger partial charge in [-0.05, 0) is 36.1 Å². The standard InChI is InChI=1S/C30H27N2O/c1-23-11-9-17-28(19-23)32(29-18-10-12-24(2)20-29)21-27(22-33)30(31-32,25-13-5-3-6-14-25)26-15-7-4-8-16-26/h3-22,31H,1-2H3/q+1. The molecule has 0 amide bonds. The van der Waals surface area contributed by atoms with Gasteiger partial charge in [0.25, 0.3) is 0 Å². The molecule has 33 heavy (non-hydrogen) atoms. The number of carbonyl (C=O) groups excluding carboxylic acids is 1. The molecular formula is C30H27N2O+. The lowest BCUT2D eigenvalue weighted by atomic mass is 9.79. The molecule has 1 heterocycles. The fourth-order valence-electron chi connectivity index (χ4n) is 4.91. The van der Waals surface area contributed by atoms with E-state index < -0.39 is 5.54 Å². The molecule has 0 atom stereocenters. The summed E-state index contributed by atoms with van der Waals surface area (Å²) in [7, 11) is 0. The molecule has 5 rings (SSSR count). The average molecular weight is 432 g/mol. The number of nitrogens with one attached hydrogen (secondary N) is 1. The van der Waals surface area contributed by atoms with Crippen molar-refractivity contribution in [2.45, 2.75) is 19.4 Å². The van der Waals surface area contributed by atoms with Gasteiger partial charge in [0.05, 0.1) is 5.57 Å². The molecule has 0 spiro atoms. The predicted octanol–water partition coefficient (Wildman–Crippen LogP) is 6.49. The number of aldehydes is 1. The van der Waals surface area contributed by atoms with Crippen molar-refractivity contribution in [1.29, 1.82) is 0 Å². The van der Waals surface area contributed by atoms with E-state index in [9.17, 15) is 4.79 Å². The third-order valence-electron chi connectivity index (χ3n) is 6.47. The van der Waals surface area contributed by atoms with Crippen molar-refractivity contribution < 1.29 is 4.79 Å². The molecule has 3 heteroatoms. The largest absolute Gasteiger partial charge is 0.298 e. The van der Waals surface area contributed by atoms with Gasteiger partial charge in [0.1, 0.15) is 6.20 Å². The summed E-state index contributed by atoms with van der Waals surface area (Å²) in [6.07, 6.45) is 3.06. The minimum atomic E-state index is -0.808. The maximum absolute atomic E-state index is 12.7. The second kappa shape index (κ2) is 8.28. The van der Waals surface area contributed by atoms with Gasteiger partial charge in [-0.2, -0.15) is 4.59 Å². The summed E-state index contributed by atoms with van der Waals surface area (Å²) in [4.78, 5) is 12.7. The molecular weight excluding hydrogens is 404 g/mol. The molecule has 4 aromatic rings. The van der Waals surface area contributed by atoms with E-state index in [-0.39, 0.29) is 4.59 Å². The van der Waals surface area contributed by atoms with Crippen LogP contribution in [0.25, 0.3) is 0 Å². The molecule has 0 aromatic heterocycles. The van der Waals surface area contributed by atoms with Crippen LogP contribution >= 0.6 is 0 Å². The molecule has 0 unspecified atom stereocenters. The Hall–Kier alpha value is -3.79. The van der Waals surface area contributed by atoms with Gasteiger partial charge in [-0.25, -0.2) is 0 Å². The van der Waals surface area contributed by atoms with Crippen LogP contribution in [0.5, 0.6) is 0 Å². The fraction of sp³-hybridized carbons (Fsp3) is 0.100. The van der Waals surface area contributed by atoms with E-state index in [0.717, 1.165) is 39.9 Å². The quantitative estimate of drug-likeness (QED) is 0.289. The zero-order valence-electron chi connectivity index (χ0n) is 18.9. The predicted molar refractivity (Wildman–Crippen MR) is 135 cm³/mol. The third-order valence-corrected chi connectivity index (χ3v) is 6.47. The lowest BCUT2D eigenvalue weighted by Crippen LogP contribution is -2.56. The van der Waals surface area contributed by atoms with Crippen molar-refractivity contribution in [3.8, 4) is 0 Å². The molecule has 1 aliphatic heterocycles. The number of carbonyl (C=O) groups is 1. The van der Waals surface area contributed by atoms with Crippen molar-refractivity contribution in [3.63, 3.8) is 0 Å². The monoisotopic (exact) mass is 431 g/mol. The van der Waals surface area contributed by atoms with Crippen molar-refractivity contribution in [3.05, 3.63) is 143 Å². The number of nitrogens with zero attached hydrogens (tertiary/aromatic N) is 1. The van der Waals surface area contributed by atoms with Gasteiger partial charge >= 0.3 is 0 Å². The molecule has 0 bridgehead atoms. The zero-order chi connectivity index (χ0) is 22.9. The SMILES string of the molecule is Cc1cccc([N+]2(c3cccc(C)c3)C=C(C=O)C(c3ccccc3)(c3ccccc3)N2)c1. The van der Waals surface area contributed by atoms with E-state index in [2.05, 4.69) is 98.3 Å². The highest BCUT2D eigenvalue weighted by Crippen LogP contribution is 2.48. The first-order valence-corrected chi connectivity index (χ1v) is 11.2. The van der Waals surface area contributed by atoms with Crippen LogP contribution in [-0.2, 0) is 10.3 Å². The van der Waals surface area contributed by atoms with Crippen molar-refractivity contribution in [1.82, 2.24) is 10.0 Å². The average Bonchev–Trinajstić information content (AvgIpc) is 3.23. The van der Waals surface area contributed by atoms with Crippen LogP contribution in [0.4, 0.5) is 11.4 Å². The normalized spacial score (nSPS) is 16.2. The molecule has 0 radical (unpaired) electrons. The third kappa shape index (κ3) is 3.43. The van der Waals surface area contributed by atoms with Gasteiger partial charge in [0, 0.05) is 24.3 Å². The Morgan fingerprint density at radius 3 is 1.58 bits per heavy atom. The van der Waals surface area contributed by atoms with Gasteiger partial charge in [0.2, 0.25) is 0 Å². The summed E-state index contributed by atoms with van der Waals surface area (Å²) in [5.74, 6) is 0. The molecule has 162 valence electrons. The lowest BCUT2D eigenvalue weighted by Gasteiger charge is -2.37. The van der Waals surface area contributed by atoms with Crippen LogP contribution in [0.3, 0.4) is 0 Å². The van der Waals surface area contributed by atoms with E-state index in [1.807, 2.05) is 36.4 Å². The Morgan fingerprint density at radius 2 is 1.15 bits per heavy atom. The Kier molecular flexibility index (Phi) is 5.29. The van der Waals surface area contributed by atoms with E-state index in [1.54, 1.807) is 0 Å². The van der Waals surface area contributed by atoms with Gasteiger partial charge in [-0.15, -0.1) is 5.43 Å². The molecule has 1 N–H and O–H groups in total. The van der Waals surface area contributed by atoms with Crippen LogP contribution < -0.4 is 10.0 Å². The highest BCUT2D eigenvalue weighted by Gasteiger charge is 2.54. The van der Waals surface area contributed by atoms with Crippen LogP contribution in [0.15, 0.2) is 121 Å². The number of rotatable bonds is 5. The van der Waals surface area contributed by atoms with Crippen LogP contribution in [0, 0.1) is 13.8 Å². The van der Waals surface area contributed by atoms with Crippen molar-refractivity contribution >= 4 is 17.7 Å². The second-order valence-electron chi connectivity index (χ2n) is 8.70. The second-order valence-corrected chi connectivity index (χ2v) is 8.70. The number of benzene rings is 4. The molecule has 4 aromatic carbocycles. The summed E-state index contributed by atoms with van der Waals surface area (Å²) < 4.78 is 0.237. The Morgan fingerprint density at radius 1 is 0.667 bits per heavy atom. The molecule has 1 aliphatic rings. The highest BCUT2D eigenvalue weighted by atomic mass is 16.1. The van der Waals surface area contributed by atoms with Crippen LogP contribution in [0.1, 0.15) is 22.3 Å². The number of aryl methyl sites for hydroxylation is 2. The molecule has 0 aliphatic carbocycles. The van der Waals surface area contributed by atoms with Crippen molar-refractivity contribution in [2.24, 2.45) is 0 Å². The summed E-state index contributed by atoms with van der Waals surface area (Å²) in [5.41, 5.74) is 10.3. The summed E-state index contributed by atoms with van der Waals surface area (Å²) in [6.45, 7) is 4.19. The van der Waals surface area contributed by atoms with E-state index in [1.165, 1.54) is 0 Å². The molecule has 0 saturated carbocycles. The maximum Gasteiger partial charge on any atom is 0.162 e. The molecule has 0 fully saturated rings. The number of hydrogen-bond acceptors (Lipinski definition) is 2. The van der Waals surface area contributed by atoms with E-state index in [0.29, 0.717) is 5.57 Å². The fourth-order valence-corrected chi connectivity index (χ4v) is 4.91. The van der Waals surface area contributed by atoms with Crippen LogP contribution in [0.2, 0.25) is 0 Å². The first-order valence-electron chi connectivity index (χ1n) is 11.2. The Bertz CT molecular complexity index is 1240.